The summed E-state index contributed by atoms with van der Waals surface area (Å²) in [7, 11) is 0. The topological polar surface area (TPSA) is 103 Å². The highest BCUT2D eigenvalue weighted by Crippen LogP contribution is 2.19. The molecule has 1 atom stereocenters. The predicted octanol–water partition coefficient (Wildman–Crippen LogP) is 0.299. The van der Waals surface area contributed by atoms with E-state index < -0.39 is 0 Å². The summed E-state index contributed by atoms with van der Waals surface area (Å²) in [6, 6.07) is 1.84. The van der Waals surface area contributed by atoms with Gasteiger partial charge in [-0.25, -0.2) is 10.1 Å². The number of aliphatic hydroxyl groups excluding tert-OH is 1. The van der Waals surface area contributed by atoms with E-state index in [1.54, 1.807) is 6.20 Å². The smallest absolute Gasteiger partial charge is 0.231 e. The molecular formula is C11H15N7O. The van der Waals surface area contributed by atoms with Crippen LogP contribution < -0.4 is 10.2 Å². The highest BCUT2D eigenvalue weighted by Gasteiger charge is 2.19. The molecule has 19 heavy (non-hydrogen) atoms. The first-order valence-electron chi connectivity index (χ1n) is 6.20. The Labute approximate surface area is 109 Å². The van der Waals surface area contributed by atoms with Crippen LogP contribution >= 0.6 is 0 Å². The van der Waals surface area contributed by atoms with Gasteiger partial charge in [0.25, 0.3) is 0 Å². The number of hydrogen-bond acceptors (Lipinski definition) is 7. The van der Waals surface area contributed by atoms with Gasteiger partial charge in [-0.3, -0.25) is 5.32 Å². The number of anilines is 3. The zero-order valence-electron chi connectivity index (χ0n) is 10.3. The lowest BCUT2D eigenvalue weighted by Gasteiger charge is -2.30. The van der Waals surface area contributed by atoms with Crippen molar-refractivity contribution in [3.05, 3.63) is 18.6 Å². The molecule has 0 aliphatic carbocycles. The number of rotatable bonds is 3. The second-order valence-electron chi connectivity index (χ2n) is 4.44. The van der Waals surface area contributed by atoms with Crippen molar-refractivity contribution in [3.63, 3.8) is 0 Å². The summed E-state index contributed by atoms with van der Waals surface area (Å²) in [6.07, 6.45) is 4.63. The van der Waals surface area contributed by atoms with Crippen LogP contribution in [0.2, 0.25) is 0 Å². The van der Waals surface area contributed by atoms with Crippen LogP contribution in [-0.4, -0.2) is 49.4 Å². The zero-order chi connectivity index (χ0) is 13.1. The van der Waals surface area contributed by atoms with Crippen LogP contribution in [0.15, 0.2) is 18.6 Å². The van der Waals surface area contributed by atoms with Gasteiger partial charge in [0, 0.05) is 19.3 Å². The summed E-state index contributed by atoms with van der Waals surface area (Å²) in [4.78, 5) is 14.6. The third kappa shape index (κ3) is 2.79. The fraction of sp³-hybridized carbons (Fsp3) is 0.455. The molecular weight excluding hydrogens is 246 g/mol. The Hall–Kier alpha value is -2.22. The number of H-pyrrole nitrogens is 1. The van der Waals surface area contributed by atoms with Crippen LogP contribution in [0.25, 0.3) is 0 Å². The minimum absolute atomic E-state index is 0.283. The molecule has 3 N–H and O–H groups in total. The van der Waals surface area contributed by atoms with Crippen molar-refractivity contribution in [3.8, 4) is 0 Å². The van der Waals surface area contributed by atoms with E-state index in [1.165, 1.54) is 6.33 Å². The average molecular weight is 261 g/mol. The number of β-amino-alcohol motifs (C(OH)–C–C–N with tert-alkyl or cyclic N) is 1. The quantitative estimate of drug-likeness (QED) is 0.730. The Balaban J connectivity index is 1.75. The number of nitrogens with one attached hydrogen (secondary N) is 2. The van der Waals surface area contributed by atoms with Gasteiger partial charge in [0.1, 0.15) is 12.1 Å². The summed E-state index contributed by atoms with van der Waals surface area (Å²) in [6.45, 7) is 1.51. The van der Waals surface area contributed by atoms with Gasteiger partial charge in [-0.05, 0) is 18.9 Å². The molecule has 1 fully saturated rings. The molecule has 0 radical (unpaired) electrons. The molecule has 1 unspecified atom stereocenters. The second kappa shape index (κ2) is 5.19. The first-order chi connectivity index (χ1) is 9.31. The maximum atomic E-state index is 9.69. The molecule has 3 heterocycles. The first kappa shape index (κ1) is 11.8. The van der Waals surface area contributed by atoms with Crippen molar-refractivity contribution in [1.82, 2.24) is 25.1 Å². The molecule has 100 valence electrons. The zero-order valence-corrected chi connectivity index (χ0v) is 10.3. The average Bonchev–Trinajstić information content (AvgIpc) is 2.92. The first-order valence-corrected chi connectivity index (χ1v) is 6.20. The molecule has 1 aliphatic heterocycles. The fourth-order valence-electron chi connectivity index (χ4n) is 2.12. The molecule has 0 saturated carbocycles. The summed E-state index contributed by atoms with van der Waals surface area (Å²) in [5.74, 6) is 1.75. The monoisotopic (exact) mass is 261 g/mol. The van der Waals surface area contributed by atoms with Gasteiger partial charge < -0.3 is 10.0 Å². The van der Waals surface area contributed by atoms with Gasteiger partial charge in [0.2, 0.25) is 11.9 Å². The lowest BCUT2D eigenvalue weighted by molar-refractivity contribution is 0.154. The Morgan fingerprint density at radius 2 is 2.37 bits per heavy atom. The van der Waals surface area contributed by atoms with Crippen molar-refractivity contribution >= 4 is 17.7 Å². The van der Waals surface area contributed by atoms with Gasteiger partial charge in [-0.15, -0.1) is 0 Å². The van der Waals surface area contributed by atoms with Crippen molar-refractivity contribution < 1.29 is 5.11 Å². The van der Waals surface area contributed by atoms with Crippen LogP contribution in [0.4, 0.5) is 17.7 Å². The van der Waals surface area contributed by atoms with Crippen molar-refractivity contribution in [1.29, 1.82) is 0 Å². The van der Waals surface area contributed by atoms with Crippen LogP contribution in [0.5, 0.6) is 0 Å². The molecule has 0 bridgehead atoms. The van der Waals surface area contributed by atoms with Gasteiger partial charge in [-0.2, -0.15) is 15.1 Å². The Kier molecular flexibility index (Phi) is 3.23. The molecule has 8 nitrogen and oxygen atoms in total. The summed E-state index contributed by atoms with van der Waals surface area (Å²) < 4.78 is 0. The highest BCUT2D eigenvalue weighted by molar-refractivity contribution is 5.47. The molecule has 8 heteroatoms. The van der Waals surface area contributed by atoms with E-state index in [2.05, 4.69) is 35.4 Å². The number of aromatic amines is 1. The van der Waals surface area contributed by atoms with Crippen LogP contribution in [0, 0.1) is 0 Å². The lowest BCUT2D eigenvalue weighted by atomic mass is 10.1. The van der Waals surface area contributed by atoms with E-state index in [0.717, 1.165) is 25.2 Å². The predicted molar refractivity (Wildman–Crippen MR) is 69.2 cm³/mol. The van der Waals surface area contributed by atoms with Crippen LogP contribution in [-0.2, 0) is 0 Å². The van der Waals surface area contributed by atoms with Crippen LogP contribution in [0.3, 0.4) is 0 Å². The van der Waals surface area contributed by atoms with E-state index in [9.17, 15) is 5.11 Å². The summed E-state index contributed by atoms with van der Waals surface area (Å²) in [5, 5.41) is 19.1. The van der Waals surface area contributed by atoms with E-state index in [1.807, 2.05) is 6.07 Å². The summed E-state index contributed by atoms with van der Waals surface area (Å²) in [5.41, 5.74) is 0. The van der Waals surface area contributed by atoms with Gasteiger partial charge in [0.15, 0.2) is 0 Å². The maximum Gasteiger partial charge on any atom is 0.231 e. The third-order valence-electron chi connectivity index (χ3n) is 3.01. The van der Waals surface area contributed by atoms with E-state index in [0.29, 0.717) is 18.4 Å². The van der Waals surface area contributed by atoms with Crippen molar-refractivity contribution in [2.75, 3.05) is 23.3 Å². The largest absolute Gasteiger partial charge is 0.391 e. The Bertz CT molecular complexity index is 530. The normalized spacial score (nSPS) is 19.4. The number of aromatic nitrogens is 5. The summed E-state index contributed by atoms with van der Waals surface area (Å²) >= 11 is 0. The molecule has 0 spiro atoms. The third-order valence-corrected chi connectivity index (χ3v) is 3.01. The minimum atomic E-state index is -0.283. The van der Waals surface area contributed by atoms with Crippen LogP contribution in [0.1, 0.15) is 12.8 Å². The van der Waals surface area contributed by atoms with E-state index >= 15 is 0 Å². The molecule has 0 amide bonds. The van der Waals surface area contributed by atoms with Gasteiger partial charge in [-0.1, -0.05) is 0 Å². The number of piperidine rings is 1. The Morgan fingerprint density at radius 3 is 3.16 bits per heavy atom. The van der Waals surface area contributed by atoms with Crippen molar-refractivity contribution in [2.45, 2.75) is 18.9 Å². The van der Waals surface area contributed by atoms with E-state index in [-0.39, 0.29) is 6.10 Å². The Morgan fingerprint density at radius 1 is 1.42 bits per heavy atom. The molecule has 1 saturated heterocycles. The number of nitrogens with zero attached hydrogens (tertiary/aromatic N) is 5. The van der Waals surface area contributed by atoms with Gasteiger partial charge in [0.05, 0.1) is 6.10 Å². The molecule has 1 aliphatic rings. The fourth-order valence-corrected chi connectivity index (χ4v) is 2.12. The number of hydrogen-bond donors (Lipinski definition) is 3. The standard InChI is InChI=1S/C11H15N7O/c19-8-2-1-5-18(6-8)9-3-4-12-10(15-9)16-11-13-7-14-17-11/h3-4,7-8,19H,1-2,5-6H2,(H2,12,13,14,15,16,17). The lowest BCUT2D eigenvalue weighted by Crippen LogP contribution is -2.38. The molecule has 2 aromatic rings. The van der Waals surface area contributed by atoms with Gasteiger partial charge >= 0.3 is 0 Å². The molecule has 2 aromatic heterocycles. The molecule has 0 aromatic carbocycles. The highest BCUT2D eigenvalue weighted by atomic mass is 16.3. The maximum absolute atomic E-state index is 9.69. The molecule has 3 rings (SSSR count). The van der Waals surface area contributed by atoms with E-state index in [4.69, 9.17) is 0 Å². The second-order valence-corrected chi connectivity index (χ2v) is 4.44. The number of aliphatic hydroxyl groups is 1. The SMILES string of the molecule is OC1CCCN(c2ccnc(Nc3ncn[nH]3)n2)C1. The van der Waals surface area contributed by atoms with Crippen molar-refractivity contribution in [2.24, 2.45) is 0 Å². The minimum Gasteiger partial charge on any atom is -0.391 e.